The summed E-state index contributed by atoms with van der Waals surface area (Å²) in [5.74, 6) is -0.505. The van der Waals surface area contributed by atoms with E-state index in [1.165, 1.54) is 6.08 Å². The number of hydrogen-bond donors (Lipinski definition) is 7. The number of nitrogens with zero attached hydrogens (tertiary/aromatic N) is 5. The molecule has 5 aliphatic rings. The summed E-state index contributed by atoms with van der Waals surface area (Å²) in [7, 11) is 0. The zero-order valence-corrected chi connectivity index (χ0v) is 31.4. The van der Waals surface area contributed by atoms with Gasteiger partial charge in [0, 0.05) is 114 Å². The van der Waals surface area contributed by atoms with Crippen molar-refractivity contribution in [3.05, 3.63) is 119 Å². The van der Waals surface area contributed by atoms with Crippen LogP contribution in [0, 0.1) is 5.41 Å². The van der Waals surface area contributed by atoms with Crippen LogP contribution in [-0.2, 0) is 6.54 Å². The number of aliphatic imine (C=N–C) groups is 1. The minimum Gasteiger partial charge on any atom is -0.386 e. The number of nitrogens with one attached hydrogen (secondary N) is 7. The van der Waals surface area contributed by atoms with E-state index in [0.29, 0.717) is 42.2 Å². The lowest BCUT2D eigenvalue weighted by atomic mass is 10.0. The van der Waals surface area contributed by atoms with E-state index in [2.05, 4.69) is 76.6 Å². The second kappa shape index (κ2) is 18.6. The summed E-state index contributed by atoms with van der Waals surface area (Å²) in [6.45, 7) is 13.6. The minimum atomic E-state index is -0.387. The van der Waals surface area contributed by atoms with E-state index in [4.69, 9.17) is 5.41 Å². The van der Waals surface area contributed by atoms with Crippen molar-refractivity contribution in [2.75, 3.05) is 58.9 Å². The molecule has 0 amide bonds. The van der Waals surface area contributed by atoms with Gasteiger partial charge < -0.3 is 41.7 Å². The Kier molecular flexibility index (Phi) is 13.2. The van der Waals surface area contributed by atoms with Crippen molar-refractivity contribution in [3.63, 3.8) is 0 Å². The number of allylic oxidation sites excluding steroid dienone is 3. The number of fused-ring (bicyclic) bond motifs is 1. The highest BCUT2D eigenvalue weighted by molar-refractivity contribution is 6.50. The third-order valence-corrected chi connectivity index (χ3v) is 9.55. The van der Waals surface area contributed by atoms with Crippen molar-refractivity contribution < 1.29 is 8.78 Å². The van der Waals surface area contributed by atoms with Gasteiger partial charge >= 0.3 is 0 Å². The maximum atomic E-state index is 14.6. The molecule has 2 atom stereocenters. The van der Waals surface area contributed by atoms with Crippen LogP contribution < -0.4 is 31.9 Å². The highest BCUT2D eigenvalue weighted by atomic mass is 19.1. The van der Waals surface area contributed by atoms with Gasteiger partial charge in [-0.1, -0.05) is 19.1 Å². The van der Waals surface area contributed by atoms with Crippen molar-refractivity contribution in [3.8, 4) is 0 Å². The van der Waals surface area contributed by atoms with Gasteiger partial charge in [-0.05, 0) is 50.1 Å². The molecule has 14 heteroatoms. The maximum Gasteiger partial charge on any atom is 0.144 e. The molecule has 2 saturated heterocycles. The van der Waals surface area contributed by atoms with Crippen LogP contribution >= 0.6 is 0 Å². The lowest BCUT2D eigenvalue weighted by Crippen LogP contribution is -2.50. The average Bonchev–Trinajstić information content (AvgIpc) is 3.18. The van der Waals surface area contributed by atoms with Crippen LogP contribution in [0.1, 0.15) is 32.8 Å². The Morgan fingerprint density at radius 2 is 1.65 bits per heavy atom. The first-order valence-corrected chi connectivity index (χ1v) is 18.8. The number of benzene rings is 1. The zero-order valence-electron chi connectivity index (χ0n) is 31.4. The summed E-state index contributed by atoms with van der Waals surface area (Å²) < 4.78 is 29.0. The molecule has 5 heterocycles. The van der Waals surface area contributed by atoms with Gasteiger partial charge in [-0.2, -0.15) is 0 Å². The Balaban J connectivity index is 0.000000185. The number of piperazine rings is 2. The summed E-state index contributed by atoms with van der Waals surface area (Å²) >= 11 is 0. The molecule has 1 aromatic carbocycles. The van der Waals surface area contributed by atoms with Gasteiger partial charge in [-0.25, -0.2) is 8.78 Å². The zero-order chi connectivity index (χ0) is 37.9. The summed E-state index contributed by atoms with van der Waals surface area (Å²) in [5, 5.41) is 27.8. The van der Waals surface area contributed by atoms with Crippen molar-refractivity contribution in [2.45, 2.75) is 45.8 Å². The van der Waals surface area contributed by atoms with Crippen LogP contribution in [0.15, 0.2) is 119 Å². The second-order valence-corrected chi connectivity index (χ2v) is 13.8. The van der Waals surface area contributed by atoms with Crippen LogP contribution in [0.5, 0.6) is 0 Å². The molecule has 2 fully saturated rings. The molecule has 12 nitrogen and oxygen atoms in total. The van der Waals surface area contributed by atoms with Gasteiger partial charge in [0.2, 0.25) is 0 Å². The monoisotopic (exact) mass is 738 g/mol. The number of dihydropyridines is 2. The summed E-state index contributed by atoms with van der Waals surface area (Å²) in [5.41, 5.74) is 7.47. The first-order valence-electron chi connectivity index (χ1n) is 18.8. The summed E-state index contributed by atoms with van der Waals surface area (Å²) in [6.07, 6.45) is 16.7. The highest BCUT2D eigenvalue weighted by Crippen LogP contribution is 2.24. The topological polar surface area (TPSA) is 141 Å². The Bertz CT molecular complexity index is 1920. The van der Waals surface area contributed by atoms with Crippen molar-refractivity contribution in [1.29, 1.82) is 5.41 Å². The first-order chi connectivity index (χ1) is 26.3. The fraction of sp³-hybridized carbons (Fsp3) is 0.400. The predicted molar refractivity (Wildman–Crippen MR) is 213 cm³/mol. The molecular formula is C40H52F2N12. The number of rotatable bonds is 10. The maximum absolute atomic E-state index is 14.6. The van der Waals surface area contributed by atoms with E-state index in [1.54, 1.807) is 24.7 Å². The normalized spacial score (nSPS) is 22.7. The molecule has 0 spiro atoms. The van der Waals surface area contributed by atoms with Crippen LogP contribution in [0.2, 0.25) is 0 Å². The van der Waals surface area contributed by atoms with Crippen molar-refractivity contribution in [1.82, 2.24) is 51.7 Å². The fourth-order valence-electron chi connectivity index (χ4n) is 6.84. The quantitative estimate of drug-likeness (QED) is 0.179. The third kappa shape index (κ3) is 9.99. The van der Waals surface area contributed by atoms with Gasteiger partial charge in [0.1, 0.15) is 11.7 Å². The molecule has 1 aliphatic carbocycles. The van der Waals surface area contributed by atoms with E-state index < -0.39 is 0 Å². The Labute approximate surface area is 316 Å². The predicted octanol–water partition coefficient (Wildman–Crippen LogP) is 4.01. The van der Waals surface area contributed by atoms with Gasteiger partial charge in [-0.3, -0.25) is 20.4 Å². The molecule has 0 radical (unpaired) electrons. The fourth-order valence-corrected chi connectivity index (χ4v) is 6.84. The molecule has 0 saturated carbocycles. The van der Waals surface area contributed by atoms with Gasteiger partial charge in [0.05, 0.1) is 51.8 Å². The Hall–Kier alpha value is -5.34. The molecule has 7 N–H and O–H groups in total. The van der Waals surface area contributed by atoms with Crippen molar-refractivity contribution >= 4 is 22.5 Å². The number of aromatic nitrogens is 2. The lowest BCUT2D eigenvalue weighted by Gasteiger charge is -2.37. The van der Waals surface area contributed by atoms with E-state index in [-0.39, 0.29) is 23.9 Å². The Morgan fingerprint density at radius 3 is 2.43 bits per heavy atom. The lowest BCUT2D eigenvalue weighted by molar-refractivity contribution is 0.248. The Morgan fingerprint density at radius 1 is 0.926 bits per heavy atom. The molecular weight excluding hydrogens is 687 g/mol. The van der Waals surface area contributed by atoms with E-state index >= 15 is 0 Å². The van der Waals surface area contributed by atoms with Gasteiger partial charge in [-0.15, -0.1) is 0 Å². The molecule has 1 aromatic heterocycles. The van der Waals surface area contributed by atoms with Crippen LogP contribution in [0.25, 0.3) is 11.0 Å². The highest BCUT2D eigenvalue weighted by Gasteiger charge is 2.26. The molecule has 54 heavy (non-hydrogen) atoms. The summed E-state index contributed by atoms with van der Waals surface area (Å²) in [6, 6.07) is 6.78. The van der Waals surface area contributed by atoms with E-state index in [0.717, 1.165) is 85.9 Å². The van der Waals surface area contributed by atoms with E-state index in [9.17, 15) is 8.78 Å². The first kappa shape index (κ1) is 38.4. The number of hydrogen-bond acceptors (Lipinski definition) is 12. The van der Waals surface area contributed by atoms with Gasteiger partial charge in [0.25, 0.3) is 0 Å². The van der Waals surface area contributed by atoms with Crippen molar-refractivity contribution in [2.24, 2.45) is 4.99 Å². The smallest absolute Gasteiger partial charge is 0.144 e. The van der Waals surface area contributed by atoms with Gasteiger partial charge in [0.15, 0.2) is 0 Å². The number of halogens is 2. The van der Waals surface area contributed by atoms with Crippen LogP contribution in [0.4, 0.5) is 8.78 Å². The largest absolute Gasteiger partial charge is 0.386 e. The average molecular weight is 739 g/mol. The second-order valence-electron chi connectivity index (χ2n) is 13.8. The third-order valence-electron chi connectivity index (χ3n) is 9.55. The van der Waals surface area contributed by atoms with Crippen LogP contribution in [-0.4, -0.2) is 102 Å². The SMILES string of the molecule is CC/C=C\N=C1C=C(CNC2=CNCC=C2N2CCNC(C)C2)C(F)=CC1=N.CC1CN(C2=C(F)CNC=C2NCc2ccc3nccnc3c2)CCN1. The molecule has 2 unspecified atom stereocenters. The minimum absolute atomic E-state index is 0.0935. The molecule has 0 bridgehead atoms. The van der Waals surface area contributed by atoms with Crippen LogP contribution in [0.3, 0.4) is 0 Å². The standard InChI is InChI=1S/C21H29FN6.C19H23FN6/c1-3-4-6-26-19-10-16(17(22)11-18(19)23)12-27-20-13-24-7-5-21(20)28-9-8-25-15(2)14-28;1-13-12-26(7-6-22-13)19-15(20)10-21-11-18(19)25-9-14-2-3-16-17(8-14)24-5-4-23-16/h4-6,10-11,13,15,23-25,27H,3,7-9,12,14H2,1-2H3;2-5,8,11,13,21-22,25H,6-7,9-10,12H2,1H3/b6-4-,23-18?,26-19?;. The van der Waals surface area contributed by atoms with E-state index in [1.807, 2.05) is 43.6 Å². The molecule has 286 valence electrons. The summed E-state index contributed by atoms with van der Waals surface area (Å²) in [4.78, 5) is 17.4. The molecule has 7 rings (SSSR count). The molecule has 2 aromatic rings. The molecule has 4 aliphatic heterocycles.